The maximum Gasteiger partial charge on any atom is 0.407 e. The van der Waals surface area contributed by atoms with E-state index in [-0.39, 0.29) is 12.5 Å². The molecule has 370 valence electrons. The van der Waals surface area contributed by atoms with Gasteiger partial charge in [-0.3, -0.25) is 33.6 Å². The zero-order chi connectivity index (χ0) is 50.0. The molecule has 68 heavy (non-hydrogen) atoms. The van der Waals surface area contributed by atoms with Crippen LogP contribution in [-0.4, -0.2) is 152 Å². The van der Waals surface area contributed by atoms with Gasteiger partial charge in [0.2, 0.25) is 0 Å². The predicted octanol–water partition coefficient (Wildman–Crippen LogP) is 2.00. The highest BCUT2D eigenvalue weighted by Crippen LogP contribution is 2.44. The first-order chi connectivity index (χ1) is 32.1. The number of carbonyl (C=O) groups is 9. The Labute approximate surface area is 389 Å². The third-order valence-corrected chi connectivity index (χ3v) is 10.6. The van der Waals surface area contributed by atoms with Crippen LogP contribution in [0, 0.1) is 0 Å². The third kappa shape index (κ3) is 13.5. The van der Waals surface area contributed by atoms with Crippen molar-refractivity contribution in [1.29, 1.82) is 0 Å². The molecular weight excluding hydrogens is 906 g/mol. The average Bonchev–Trinajstić information content (AvgIpc) is 3.57. The van der Waals surface area contributed by atoms with Crippen molar-refractivity contribution in [2.24, 2.45) is 0 Å². The summed E-state index contributed by atoms with van der Waals surface area (Å²) in [5.41, 5.74) is 3.68. The molecule has 2 fully saturated rings. The molecule has 23 nitrogen and oxygen atoms in total. The van der Waals surface area contributed by atoms with Gasteiger partial charge in [-0.05, 0) is 29.2 Å². The molecule has 0 aromatic heterocycles. The number of fused-ring (bicyclic) bond motifs is 3. The largest absolute Gasteiger partial charge is 0.480 e. The van der Waals surface area contributed by atoms with E-state index in [2.05, 4.69) is 5.32 Å². The first kappa shape index (κ1) is 52.3. The number of carboxylic acids is 1. The van der Waals surface area contributed by atoms with E-state index in [1.807, 2.05) is 48.5 Å². The molecule has 0 unspecified atom stereocenters. The number of aliphatic carboxylic acids is 1. The maximum absolute atomic E-state index is 13.4. The van der Waals surface area contributed by atoms with Crippen molar-refractivity contribution in [3.05, 3.63) is 59.7 Å². The summed E-state index contributed by atoms with van der Waals surface area (Å²) in [6, 6.07) is 13.2. The molecule has 0 spiro atoms. The summed E-state index contributed by atoms with van der Waals surface area (Å²) < 4.78 is 68.4. The van der Waals surface area contributed by atoms with Crippen LogP contribution in [0.3, 0.4) is 0 Å². The van der Waals surface area contributed by atoms with E-state index in [1.54, 1.807) is 0 Å². The molecule has 2 N–H and O–H groups in total. The van der Waals surface area contributed by atoms with Crippen molar-refractivity contribution < 1.29 is 105 Å². The van der Waals surface area contributed by atoms with Gasteiger partial charge >= 0.3 is 53.8 Å². The van der Waals surface area contributed by atoms with Gasteiger partial charge in [-0.1, -0.05) is 48.5 Å². The Morgan fingerprint density at radius 1 is 0.529 bits per heavy atom. The first-order valence-electron chi connectivity index (χ1n) is 21.2. The molecule has 0 bridgehead atoms. The first-order valence-corrected chi connectivity index (χ1v) is 21.2. The van der Waals surface area contributed by atoms with Gasteiger partial charge in [0.25, 0.3) is 0 Å². The second-order valence-corrected chi connectivity index (χ2v) is 15.8. The van der Waals surface area contributed by atoms with Crippen molar-refractivity contribution in [2.75, 3.05) is 19.8 Å². The Kier molecular flexibility index (Phi) is 18.0. The minimum Gasteiger partial charge on any atom is -0.480 e. The molecule has 3 aliphatic rings. The fraction of sp³-hybridized carbons (Fsp3) is 0.533. The van der Waals surface area contributed by atoms with E-state index in [0.717, 1.165) is 70.7 Å². The number of hydrogen-bond acceptors (Lipinski definition) is 21. The van der Waals surface area contributed by atoms with E-state index in [9.17, 15) is 48.3 Å². The molecule has 2 aliphatic heterocycles. The van der Waals surface area contributed by atoms with Gasteiger partial charge in [0.05, 0.1) is 6.10 Å². The molecule has 2 heterocycles. The molecule has 12 atom stereocenters. The number of alkyl carbamates (subject to hydrolysis) is 1. The Bertz CT molecular complexity index is 2170. The van der Waals surface area contributed by atoms with Crippen molar-refractivity contribution in [3.8, 4) is 11.1 Å². The molecule has 5 rings (SSSR count). The topological polar surface area (TPSA) is 297 Å². The highest BCUT2D eigenvalue weighted by molar-refractivity contribution is 5.81. The monoisotopic (exact) mass is 959 g/mol. The van der Waals surface area contributed by atoms with E-state index in [0.29, 0.717) is 0 Å². The van der Waals surface area contributed by atoms with E-state index in [4.69, 9.17) is 56.8 Å². The quantitative estimate of drug-likeness (QED) is 0.159. The van der Waals surface area contributed by atoms with Crippen LogP contribution >= 0.6 is 0 Å². The standard InChI is InChI=1S/C45H53NO22/c1-20(35(42(54)55)46-45(56)59-17-32-30-15-11-9-13-28(30)29-14-10-12-16-31(29)32)60-43-41(39(64-26(7)52)37(62-24(5)50)33(66-43)18-57-21(2)47)68-44-40(65-27(8)53)38(63-25(6)51)36(61-23(4)49)34(67-44)19-58-22(3)48/h9-16,20,32-41,43-44H,17-19H2,1-8H3,(H,46,56)(H,54,55)/t20-,33-,34-,35+,36-,37-,38+,39+,40-,41-,43-,44+/m1/s1. The van der Waals surface area contributed by atoms with Crippen LogP contribution in [0.4, 0.5) is 4.79 Å². The van der Waals surface area contributed by atoms with Gasteiger partial charge in [-0.2, -0.15) is 0 Å². The molecule has 2 aromatic carbocycles. The molecule has 1 aliphatic carbocycles. The fourth-order valence-corrected chi connectivity index (χ4v) is 8.02. The summed E-state index contributed by atoms with van der Waals surface area (Å²) in [6.07, 6.45) is -20.5. The minimum absolute atomic E-state index is 0.182. The smallest absolute Gasteiger partial charge is 0.407 e. The lowest BCUT2D eigenvalue weighted by Gasteiger charge is -2.49. The molecule has 0 saturated carbocycles. The number of amides is 1. The number of esters is 7. The SMILES string of the molecule is CC(=O)OC[C@H]1O[C@@H](O[C@H]2[C@H](O[C@H](C)[C@H](NC(=O)OCC3c4ccccc4-c4ccccc43)C(=O)O)O[C@H](COC(C)=O)[C@@H](OC(C)=O)[C@@H]2OC(C)=O)[C@H](OC(C)=O)[C@@H](OC(C)=O)[C@@H]1OC(C)=O. The van der Waals surface area contributed by atoms with Crippen LogP contribution in [0.25, 0.3) is 11.1 Å². The lowest BCUT2D eigenvalue weighted by atomic mass is 9.96. The fourth-order valence-electron chi connectivity index (χ4n) is 8.02. The number of hydrogen-bond donors (Lipinski definition) is 2. The Hall–Kier alpha value is -6.69. The summed E-state index contributed by atoms with van der Waals surface area (Å²) >= 11 is 0. The Balaban J connectivity index is 1.52. The van der Waals surface area contributed by atoms with E-state index < -0.39 is 141 Å². The zero-order valence-corrected chi connectivity index (χ0v) is 38.3. The number of nitrogens with one attached hydrogen (secondary N) is 1. The maximum atomic E-state index is 13.4. The predicted molar refractivity (Wildman–Crippen MR) is 223 cm³/mol. The van der Waals surface area contributed by atoms with Gasteiger partial charge < -0.3 is 67.3 Å². The summed E-state index contributed by atoms with van der Waals surface area (Å²) in [4.78, 5) is 113. The normalized spacial score (nSPS) is 25.9. The summed E-state index contributed by atoms with van der Waals surface area (Å²) in [7, 11) is 0. The molecule has 2 saturated heterocycles. The number of benzene rings is 2. The van der Waals surface area contributed by atoms with Crippen molar-refractivity contribution in [3.63, 3.8) is 0 Å². The lowest BCUT2D eigenvalue weighted by molar-refractivity contribution is -0.372. The summed E-state index contributed by atoms with van der Waals surface area (Å²) in [5.74, 6) is -8.52. The number of ether oxygens (including phenoxy) is 12. The van der Waals surface area contributed by atoms with Crippen LogP contribution < -0.4 is 5.32 Å². The van der Waals surface area contributed by atoms with E-state index >= 15 is 0 Å². The van der Waals surface area contributed by atoms with Gasteiger partial charge in [-0.15, -0.1) is 0 Å². The highest BCUT2D eigenvalue weighted by atomic mass is 16.8. The van der Waals surface area contributed by atoms with Crippen LogP contribution in [0.1, 0.15) is 72.4 Å². The summed E-state index contributed by atoms with van der Waals surface area (Å²) in [5, 5.41) is 12.7. The van der Waals surface area contributed by atoms with Gasteiger partial charge in [-0.25, -0.2) is 9.59 Å². The van der Waals surface area contributed by atoms with Gasteiger partial charge in [0.15, 0.2) is 55.2 Å². The van der Waals surface area contributed by atoms with Crippen LogP contribution in [0.2, 0.25) is 0 Å². The minimum atomic E-state index is -2.00. The third-order valence-electron chi connectivity index (χ3n) is 10.6. The Morgan fingerprint density at radius 2 is 0.941 bits per heavy atom. The molecule has 0 radical (unpaired) electrons. The number of carboxylic acid groups (broad SMARTS) is 1. The van der Waals surface area contributed by atoms with Crippen LogP contribution in [0.5, 0.6) is 0 Å². The molecule has 23 heteroatoms. The van der Waals surface area contributed by atoms with Crippen molar-refractivity contribution >= 4 is 53.8 Å². The molecule has 2 aromatic rings. The van der Waals surface area contributed by atoms with Gasteiger partial charge in [0.1, 0.15) is 32.0 Å². The van der Waals surface area contributed by atoms with Crippen LogP contribution in [0.15, 0.2) is 48.5 Å². The number of rotatable bonds is 18. The second-order valence-electron chi connectivity index (χ2n) is 15.8. The van der Waals surface area contributed by atoms with E-state index in [1.165, 1.54) is 6.92 Å². The van der Waals surface area contributed by atoms with Crippen molar-refractivity contribution in [2.45, 2.75) is 135 Å². The summed E-state index contributed by atoms with van der Waals surface area (Å²) in [6.45, 7) is 6.75. The van der Waals surface area contributed by atoms with Crippen molar-refractivity contribution in [1.82, 2.24) is 5.32 Å². The average molecular weight is 960 g/mol. The Morgan fingerprint density at radius 3 is 1.38 bits per heavy atom. The second kappa shape index (κ2) is 23.4. The zero-order valence-electron chi connectivity index (χ0n) is 38.3. The van der Waals surface area contributed by atoms with Crippen LogP contribution in [-0.2, 0) is 95.2 Å². The highest BCUT2D eigenvalue weighted by Gasteiger charge is 2.58. The molecular formula is C45H53NO22. The lowest BCUT2D eigenvalue weighted by Crippen LogP contribution is -2.67. The molecule has 1 amide bonds. The van der Waals surface area contributed by atoms with Gasteiger partial charge in [0, 0.05) is 54.4 Å². The number of carbonyl (C=O) groups excluding carboxylic acids is 8.